The van der Waals surface area contributed by atoms with E-state index < -0.39 is 0 Å². The average molecular weight is 224 g/mol. The molecule has 1 saturated carbocycles. The predicted molar refractivity (Wildman–Crippen MR) is 69.4 cm³/mol. The Labute approximate surface area is 101 Å². The lowest BCUT2D eigenvalue weighted by atomic mass is 9.89. The highest BCUT2D eigenvalue weighted by atomic mass is 15.2. The van der Waals surface area contributed by atoms with E-state index in [1.807, 2.05) is 0 Å². The zero-order valence-corrected chi connectivity index (χ0v) is 10.8. The molecule has 1 aliphatic carbocycles. The maximum atomic E-state index is 6.00. The van der Waals surface area contributed by atoms with E-state index in [-0.39, 0.29) is 0 Å². The van der Waals surface area contributed by atoms with Crippen LogP contribution in [0.2, 0.25) is 0 Å². The van der Waals surface area contributed by atoms with Gasteiger partial charge in [0.2, 0.25) is 0 Å². The van der Waals surface area contributed by atoms with Gasteiger partial charge in [0, 0.05) is 12.1 Å². The molecule has 0 amide bonds. The van der Waals surface area contributed by atoms with Gasteiger partial charge in [0.05, 0.1) is 0 Å². The van der Waals surface area contributed by atoms with E-state index in [0.717, 1.165) is 12.0 Å². The topological polar surface area (TPSA) is 29.3 Å². The van der Waals surface area contributed by atoms with Crippen molar-refractivity contribution in [3.8, 4) is 0 Å². The van der Waals surface area contributed by atoms with Gasteiger partial charge in [0.25, 0.3) is 0 Å². The maximum Gasteiger partial charge on any atom is 0.00952 e. The highest BCUT2D eigenvalue weighted by Crippen LogP contribution is 2.27. The van der Waals surface area contributed by atoms with E-state index in [2.05, 4.69) is 11.8 Å². The van der Waals surface area contributed by atoms with Crippen molar-refractivity contribution >= 4 is 0 Å². The number of likely N-dealkylation sites (tertiary alicyclic amines) is 1. The normalized spacial score (nSPS) is 28.9. The summed E-state index contributed by atoms with van der Waals surface area (Å²) in [5.41, 5.74) is 6.00. The second kappa shape index (κ2) is 6.02. The van der Waals surface area contributed by atoms with Crippen molar-refractivity contribution in [3.05, 3.63) is 0 Å². The fourth-order valence-electron chi connectivity index (χ4n) is 3.43. The molecule has 1 aliphatic heterocycles. The Hall–Kier alpha value is -0.0800. The third kappa shape index (κ3) is 3.21. The molecule has 0 aromatic heterocycles. The van der Waals surface area contributed by atoms with Gasteiger partial charge in [-0.25, -0.2) is 0 Å². The SMILES string of the molecule is CC(N)C1CCN(C2CCCCCC2)CC1. The predicted octanol–water partition coefficient (Wildman–Crippen LogP) is 2.77. The Morgan fingerprint density at radius 1 is 0.938 bits per heavy atom. The minimum absolute atomic E-state index is 0.399. The Morgan fingerprint density at radius 3 is 2.00 bits per heavy atom. The summed E-state index contributed by atoms with van der Waals surface area (Å²) >= 11 is 0. The summed E-state index contributed by atoms with van der Waals surface area (Å²) in [5, 5.41) is 0. The molecule has 16 heavy (non-hydrogen) atoms. The lowest BCUT2D eigenvalue weighted by molar-refractivity contribution is 0.114. The molecule has 1 atom stereocenters. The monoisotopic (exact) mass is 224 g/mol. The molecule has 1 saturated heterocycles. The van der Waals surface area contributed by atoms with E-state index >= 15 is 0 Å². The van der Waals surface area contributed by atoms with Crippen molar-refractivity contribution in [1.82, 2.24) is 4.90 Å². The summed E-state index contributed by atoms with van der Waals surface area (Å²) in [7, 11) is 0. The van der Waals surface area contributed by atoms with Gasteiger partial charge in [0.1, 0.15) is 0 Å². The van der Waals surface area contributed by atoms with E-state index in [4.69, 9.17) is 5.73 Å². The summed E-state index contributed by atoms with van der Waals surface area (Å²) in [6.07, 6.45) is 11.4. The van der Waals surface area contributed by atoms with Crippen molar-refractivity contribution in [3.63, 3.8) is 0 Å². The van der Waals surface area contributed by atoms with Crippen molar-refractivity contribution in [2.45, 2.75) is 70.4 Å². The molecule has 2 nitrogen and oxygen atoms in total. The van der Waals surface area contributed by atoms with E-state index in [0.29, 0.717) is 6.04 Å². The highest BCUT2D eigenvalue weighted by molar-refractivity contribution is 4.82. The third-order valence-electron chi connectivity index (χ3n) is 4.66. The second-order valence-corrected chi connectivity index (χ2v) is 5.88. The van der Waals surface area contributed by atoms with E-state index in [1.54, 1.807) is 0 Å². The molecule has 2 N–H and O–H groups in total. The summed E-state index contributed by atoms with van der Waals surface area (Å²) in [6.45, 7) is 4.78. The fraction of sp³-hybridized carbons (Fsp3) is 1.00. The number of rotatable bonds is 2. The van der Waals surface area contributed by atoms with Gasteiger partial charge in [-0.05, 0) is 51.6 Å². The average Bonchev–Trinajstić information content (AvgIpc) is 2.57. The lowest BCUT2D eigenvalue weighted by Crippen LogP contribution is -2.44. The fourth-order valence-corrected chi connectivity index (χ4v) is 3.43. The number of hydrogen-bond acceptors (Lipinski definition) is 2. The van der Waals surface area contributed by atoms with Gasteiger partial charge in [-0.1, -0.05) is 25.7 Å². The number of piperidine rings is 1. The smallest absolute Gasteiger partial charge is 0.00952 e. The van der Waals surface area contributed by atoms with Gasteiger partial charge >= 0.3 is 0 Å². The molecular formula is C14H28N2. The van der Waals surface area contributed by atoms with Crippen LogP contribution in [0.3, 0.4) is 0 Å². The van der Waals surface area contributed by atoms with Crippen molar-refractivity contribution < 1.29 is 0 Å². The Balaban J connectivity index is 1.78. The Morgan fingerprint density at radius 2 is 1.50 bits per heavy atom. The Kier molecular flexibility index (Phi) is 4.66. The van der Waals surface area contributed by atoms with Crippen LogP contribution in [0, 0.1) is 5.92 Å². The van der Waals surface area contributed by atoms with Gasteiger partial charge in [-0.2, -0.15) is 0 Å². The van der Waals surface area contributed by atoms with Crippen molar-refractivity contribution in [2.24, 2.45) is 11.7 Å². The van der Waals surface area contributed by atoms with Gasteiger partial charge in [-0.3, -0.25) is 0 Å². The number of nitrogens with zero attached hydrogens (tertiary/aromatic N) is 1. The van der Waals surface area contributed by atoms with Crippen molar-refractivity contribution in [1.29, 1.82) is 0 Å². The van der Waals surface area contributed by atoms with Crippen LogP contribution in [0.25, 0.3) is 0 Å². The van der Waals surface area contributed by atoms with Gasteiger partial charge in [-0.15, -0.1) is 0 Å². The molecule has 1 unspecified atom stereocenters. The van der Waals surface area contributed by atoms with E-state index in [1.165, 1.54) is 64.5 Å². The molecule has 2 aliphatic rings. The first kappa shape index (κ1) is 12.4. The molecule has 0 aromatic rings. The van der Waals surface area contributed by atoms with Crippen LogP contribution in [0.5, 0.6) is 0 Å². The van der Waals surface area contributed by atoms with Crippen LogP contribution in [0.15, 0.2) is 0 Å². The van der Waals surface area contributed by atoms with Crippen LogP contribution in [-0.4, -0.2) is 30.1 Å². The molecule has 0 spiro atoms. The molecule has 2 heteroatoms. The lowest BCUT2D eigenvalue weighted by Gasteiger charge is -2.38. The first-order valence-electron chi connectivity index (χ1n) is 7.27. The molecule has 2 rings (SSSR count). The molecule has 0 radical (unpaired) electrons. The minimum atomic E-state index is 0.399. The summed E-state index contributed by atoms with van der Waals surface area (Å²) in [5.74, 6) is 0.780. The van der Waals surface area contributed by atoms with Crippen LogP contribution >= 0.6 is 0 Å². The standard InChI is InChI=1S/C14H28N2/c1-12(15)13-8-10-16(11-9-13)14-6-4-2-3-5-7-14/h12-14H,2-11,15H2,1H3. The quantitative estimate of drug-likeness (QED) is 0.731. The van der Waals surface area contributed by atoms with Crippen LogP contribution < -0.4 is 5.73 Å². The molecule has 1 heterocycles. The first-order chi connectivity index (χ1) is 7.77. The van der Waals surface area contributed by atoms with Crippen molar-refractivity contribution in [2.75, 3.05) is 13.1 Å². The molecule has 0 bridgehead atoms. The number of hydrogen-bond donors (Lipinski definition) is 1. The zero-order chi connectivity index (χ0) is 11.4. The minimum Gasteiger partial charge on any atom is -0.328 e. The van der Waals surface area contributed by atoms with Crippen LogP contribution in [0.4, 0.5) is 0 Å². The largest absolute Gasteiger partial charge is 0.328 e. The Bertz CT molecular complexity index is 187. The summed E-state index contributed by atoms with van der Waals surface area (Å²) < 4.78 is 0. The third-order valence-corrected chi connectivity index (χ3v) is 4.66. The van der Waals surface area contributed by atoms with Gasteiger partial charge < -0.3 is 10.6 Å². The first-order valence-corrected chi connectivity index (χ1v) is 7.27. The molecular weight excluding hydrogens is 196 g/mol. The number of nitrogens with two attached hydrogens (primary N) is 1. The zero-order valence-electron chi connectivity index (χ0n) is 10.8. The second-order valence-electron chi connectivity index (χ2n) is 5.88. The van der Waals surface area contributed by atoms with Gasteiger partial charge in [0.15, 0.2) is 0 Å². The summed E-state index contributed by atoms with van der Waals surface area (Å²) in [4.78, 5) is 2.75. The highest BCUT2D eigenvalue weighted by Gasteiger charge is 2.26. The molecule has 2 fully saturated rings. The van der Waals surface area contributed by atoms with Crippen LogP contribution in [-0.2, 0) is 0 Å². The molecule has 94 valence electrons. The van der Waals surface area contributed by atoms with E-state index in [9.17, 15) is 0 Å². The maximum absolute atomic E-state index is 6.00. The van der Waals surface area contributed by atoms with Crippen LogP contribution in [0.1, 0.15) is 58.3 Å². The summed E-state index contributed by atoms with van der Waals surface area (Å²) in [6, 6.07) is 1.30. The molecule has 0 aromatic carbocycles.